The van der Waals surface area contributed by atoms with Gasteiger partial charge in [-0.1, -0.05) is 19.1 Å². The molecule has 0 aliphatic carbocycles. The molecule has 0 radical (unpaired) electrons. The third-order valence-corrected chi connectivity index (χ3v) is 4.18. The van der Waals surface area contributed by atoms with E-state index in [9.17, 15) is 0 Å². The van der Waals surface area contributed by atoms with E-state index < -0.39 is 0 Å². The lowest BCUT2D eigenvalue weighted by atomic mass is 10.1. The van der Waals surface area contributed by atoms with E-state index in [2.05, 4.69) is 36.2 Å². The van der Waals surface area contributed by atoms with Crippen molar-refractivity contribution in [3.63, 3.8) is 0 Å². The number of anilines is 1. The Morgan fingerprint density at radius 3 is 2.95 bits per heavy atom. The highest BCUT2D eigenvalue weighted by Gasteiger charge is 2.22. The molecule has 1 aliphatic heterocycles. The highest BCUT2D eigenvalue weighted by atomic mass is 32.1. The standard InChI is InChI=1S/C15H23N3S/c1-3-18-8-4-5-13(18)10-17-14-7-6-12(15(16)19)9-11(14)2/h6-7,9,13,17H,3-5,8,10H2,1-2H3,(H2,16,19). The molecule has 3 nitrogen and oxygen atoms in total. The molecule has 19 heavy (non-hydrogen) atoms. The van der Waals surface area contributed by atoms with E-state index in [-0.39, 0.29) is 0 Å². The third kappa shape index (κ3) is 3.45. The van der Waals surface area contributed by atoms with Gasteiger partial charge in [-0.3, -0.25) is 4.90 Å². The molecule has 0 bridgehead atoms. The van der Waals surface area contributed by atoms with Crippen LogP contribution in [0.1, 0.15) is 30.9 Å². The lowest BCUT2D eigenvalue weighted by Gasteiger charge is -2.24. The first-order chi connectivity index (χ1) is 9.11. The predicted molar refractivity (Wildman–Crippen MR) is 85.8 cm³/mol. The number of likely N-dealkylation sites (tertiary alicyclic amines) is 1. The van der Waals surface area contributed by atoms with Crippen molar-refractivity contribution in [2.75, 3.05) is 25.0 Å². The summed E-state index contributed by atoms with van der Waals surface area (Å²) in [6.07, 6.45) is 2.62. The van der Waals surface area contributed by atoms with Gasteiger partial charge in [0, 0.05) is 23.8 Å². The summed E-state index contributed by atoms with van der Waals surface area (Å²) in [7, 11) is 0. The SMILES string of the molecule is CCN1CCCC1CNc1ccc(C(N)=S)cc1C. The van der Waals surface area contributed by atoms with Crippen LogP contribution in [-0.4, -0.2) is 35.6 Å². The number of benzene rings is 1. The van der Waals surface area contributed by atoms with Crippen molar-refractivity contribution in [2.45, 2.75) is 32.7 Å². The maximum absolute atomic E-state index is 5.65. The molecule has 1 aromatic carbocycles. The van der Waals surface area contributed by atoms with E-state index in [1.165, 1.54) is 30.6 Å². The van der Waals surface area contributed by atoms with Crippen LogP contribution in [0.3, 0.4) is 0 Å². The van der Waals surface area contributed by atoms with Crippen molar-refractivity contribution in [1.29, 1.82) is 0 Å². The molecule has 1 fully saturated rings. The molecule has 1 atom stereocenters. The summed E-state index contributed by atoms with van der Waals surface area (Å²) in [5, 5.41) is 3.56. The van der Waals surface area contributed by atoms with Gasteiger partial charge < -0.3 is 11.1 Å². The Morgan fingerprint density at radius 1 is 1.53 bits per heavy atom. The number of hydrogen-bond acceptors (Lipinski definition) is 3. The third-order valence-electron chi connectivity index (χ3n) is 3.94. The zero-order chi connectivity index (χ0) is 13.8. The number of nitrogens with one attached hydrogen (secondary N) is 1. The van der Waals surface area contributed by atoms with Gasteiger partial charge >= 0.3 is 0 Å². The van der Waals surface area contributed by atoms with Crippen molar-refractivity contribution < 1.29 is 0 Å². The minimum absolute atomic E-state index is 0.461. The van der Waals surface area contributed by atoms with Crippen molar-refractivity contribution >= 4 is 22.9 Å². The summed E-state index contributed by atoms with van der Waals surface area (Å²) in [6, 6.07) is 6.79. The summed E-state index contributed by atoms with van der Waals surface area (Å²) in [4.78, 5) is 3.01. The Balaban J connectivity index is 1.98. The van der Waals surface area contributed by atoms with E-state index in [1.807, 2.05) is 6.07 Å². The molecule has 1 unspecified atom stereocenters. The lowest BCUT2D eigenvalue weighted by molar-refractivity contribution is 0.277. The molecule has 0 spiro atoms. The van der Waals surface area contributed by atoms with Crippen LogP contribution in [-0.2, 0) is 0 Å². The fourth-order valence-electron chi connectivity index (χ4n) is 2.79. The highest BCUT2D eigenvalue weighted by Crippen LogP contribution is 2.20. The summed E-state index contributed by atoms with van der Waals surface area (Å²) < 4.78 is 0. The maximum atomic E-state index is 5.65. The first-order valence-corrected chi connectivity index (χ1v) is 7.41. The fraction of sp³-hybridized carbons (Fsp3) is 0.533. The van der Waals surface area contributed by atoms with Crippen molar-refractivity contribution in [3.05, 3.63) is 29.3 Å². The number of hydrogen-bond donors (Lipinski definition) is 2. The lowest BCUT2D eigenvalue weighted by Crippen LogP contribution is -2.34. The van der Waals surface area contributed by atoms with Gasteiger partial charge in [-0.15, -0.1) is 0 Å². The van der Waals surface area contributed by atoms with Gasteiger partial charge in [0.2, 0.25) is 0 Å². The average Bonchev–Trinajstić information content (AvgIpc) is 2.84. The monoisotopic (exact) mass is 277 g/mol. The molecule has 1 heterocycles. The minimum Gasteiger partial charge on any atom is -0.389 e. The molecule has 3 N–H and O–H groups in total. The Bertz CT molecular complexity index is 459. The molecule has 1 aromatic rings. The summed E-state index contributed by atoms with van der Waals surface area (Å²) >= 11 is 5.00. The molecular formula is C15H23N3S. The van der Waals surface area contributed by atoms with Crippen molar-refractivity contribution in [1.82, 2.24) is 4.90 Å². The van der Waals surface area contributed by atoms with Gasteiger partial charge in [0.1, 0.15) is 4.99 Å². The fourth-order valence-corrected chi connectivity index (χ4v) is 2.91. The summed E-state index contributed by atoms with van der Waals surface area (Å²) in [5.41, 5.74) is 8.97. The summed E-state index contributed by atoms with van der Waals surface area (Å²) in [5.74, 6) is 0. The molecule has 0 amide bonds. The number of nitrogens with two attached hydrogens (primary N) is 1. The first-order valence-electron chi connectivity index (χ1n) is 7.00. The molecule has 4 heteroatoms. The first kappa shape index (κ1) is 14.3. The van der Waals surface area contributed by atoms with E-state index in [0.717, 1.165) is 18.7 Å². The van der Waals surface area contributed by atoms with Crippen LogP contribution < -0.4 is 11.1 Å². The predicted octanol–water partition coefficient (Wildman–Crippen LogP) is 2.53. The zero-order valence-electron chi connectivity index (χ0n) is 11.8. The molecule has 1 saturated heterocycles. The van der Waals surface area contributed by atoms with Gasteiger partial charge in [0.25, 0.3) is 0 Å². The molecule has 0 saturated carbocycles. The Morgan fingerprint density at radius 2 is 2.32 bits per heavy atom. The smallest absolute Gasteiger partial charge is 0.103 e. The quantitative estimate of drug-likeness (QED) is 0.812. The molecular weight excluding hydrogens is 254 g/mol. The van der Waals surface area contributed by atoms with Crippen LogP contribution >= 0.6 is 12.2 Å². The van der Waals surface area contributed by atoms with Gasteiger partial charge in [-0.05, 0) is 56.6 Å². The van der Waals surface area contributed by atoms with E-state index >= 15 is 0 Å². The number of thiocarbonyl (C=S) groups is 1. The largest absolute Gasteiger partial charge is 0.389 e. The molecule has 0 aromatic heterocycles. The van der Waals surface area contributed by atoms with Crippen LogP contribution in [0.4, 0.5) is 5.69 Å². The highest BCUT2D eigenvalue weighted by molar-refractivity contribution is 7.80. The molecule has 1 aliphatic rings. The number of nitrogens with zero attached hydrogens (tertiary/aromatic N) is 1. The van der Waals surface area contributed by atoms with Crippen LogP contribution in [0.2, 0.25) is 0 Å². The Labute approximate surface area is 121 Å². The summed E-state index contributed by atoms with van der Waals surface area (Å²) in [6.45, 7) is 7.73. The van der Waals surface area contributed by atoms with Gasteiger partial charge in [0.15, 0.2) is 0 Å². The average molecular weight is 277 g/mol. The number of aryl methyl sites for hydroxylation is 1. The Kier molecular flexibility index (Phi) is 4.77. The van der Waals surface area contributed by atoms with Crippen molar-refractivity contribution in [3.8, 4) is 0 Å². The van der Waals surface area contributed by atoms with Gasteiger partial charge in [-0.2, -0.15) is 0 Å². The van der Waals surface area contributed by atoms with Crippen LogP contribution in [0.5, 0.6) is 0 Å². The van der Waals surface area contributed by atoms with E-state index in [4.69, 9.17) is 18.0 Å². The molecule has 104 valence electrons. The van der Waals surface area contributed by atoms with E-state index in [0.29, 0.717) is 11.0 Å². The van der Waals surface area contributed by atoms with Crippen LogP contribution in [0.15, 0.2) is 18.2 Å². The number of likely N-dealkylation sites (N-methyl/N-ethyl adjacent to an activating group) is 1. The van der Waals surface area contributed by atoms with Gasteiger partial charge in [0.05, 0.1) is 0 Å². The zero-order valence-corrected chi connectivity index (χ0v) is 12.6. The van der Waals surface area contributed by atoms with Crippen LogP contribution in [0, 0.1) is 6.92 Å². The maximum Gasteiger partial charge on any atom is 0.103 e. The normalized spacial score (nSPS) is 19.6. The molecule has 2 rings (SSSR count). The van der Waals surface area contributed by atoms with Gasteiger partial charge in [-0.25, -0.2) is 0 Å². The second-order valence-corrected chi connectivity index (χ2v) is 5.64. The Hall–Kier alpha value is -1.13. The second kappa shape index (κ2) is 6.35. The second-order valence-electron chi connectivity index (χ2n) is 5.20. The van der Waals surface area contributed by atoms with Crippen molar-refractivity contribution in [2.24, 2.45) is 5.73 Å². The van der Waals surface area contributed by atoms with E-state index in [1.54, 1.807) is 0 Å². The minimum atomic E-state index is 0.461. The van der Waals surface area contributed by atoms with Crippen LogP contribution in [0.25, 0.3) is 0 Å². The number of rotatable bonds is 5. The topological polar surface area (TPSA) is 41.3 Å².